The number of hydrogen-bond acceptors (Lipinski definition) is 4. The van der Waals surface area contributed by atoms with Crippen molar-refractivity contribution in [3.63, 3.8) is 0 Å². The van der Waals surface area contributed by atoms with Gasteiger partial charge in [-0.05, 0) is 50.3 Å². The van der Waals surface area contributed by atoms with E-state index >= 15 is 0 Å². The van der Waals surface area contributed by atoms with Gasteiger partial charge < -0.3 is 15.8 Å². The van der Waals surface area contributed by atoms with E-state index in [-0.39, 0.29) is 0 Å². The lowest BCUT2D eigenvalue weighted by Gasteiger charge is -2.12. The maximum Gasteiger partial charge on any atom is 0.340 e. The molecule has 0 saturated heterocycles. The van der Waals surface area contributed by atoms with Crippen LogP contribution in [0.15, 0.2) is 23.8 Å². The molecule has 2 rings (SSSR count). The van der Waals surface area contributed by atoms with Gasteiger partial charge in [-0.25, -0.2) is 4.79 Å². The zero-order valence-corrected chi connectivity index (χ0v) is 12.2. The summed E-state index contributed by atoms with van der Waals surface area (Å²) in [6.07, 6.45) is 7.09. The van der Waals surface area contributed by atoms with Gasteiger partial charge >= 0.3 is 5.97 Å². The molecule has 0 unspecified atom stereocenters. The second-order valence-electron chi connectivity index (χ2n) is 5.18. The Morgan fingerprint density at radius 1 is 1.45 bits per heavy atom. The first-order valence-electron chi connectivity index (χ1n) is 7.02. The number of aryl methyl sites for hydroxylation is 1. The van der Waals surface area contributed by atoms with Gasteiger partial charge in [-0.2, -0.15) is 0 Å². The number of benzene rings is 1. The highest BCUT2D eigenvalue weighted by molar-refractivity contribution is 5.97. The Morgan fingerprint density at radius 3 is 2.90 bits per heavy atom. The van der Waals surface area contributed by atoms with Crippen LogP contribution in [0.5, 0.6) is 0 Å². The lowest BCUT2D eigenvalue weighted by molar-refractivity contribution is 0.0602. The molecule has 1 aliphatic carbocycles. The van der Waals surface area contributed by atoms with Gasteiger partial charge in [0.25, 0.3) is 0 Å². The van der Waals surface area contributed by atoms with Crippen molar-refractivity contribution >= 4 is 17.3 Å². The molecule has 0 atom stereocenters. The largest absolute Gasteiger partial charge is 0.465 e. The summed E-state index contributed by atoms with van der Waals surface area (Å²) in [5, 5.41) is 3.35. The van der Waals surface area contributed by atoms with Crippen molar-refractivity contribution in [1.29, 1.82) is 0 Å². The normalized spacial score (nSPS) is 14.0. The van der Waals surface area contributed by atoms with Crippen LogP contribution in [0.2, 0.25) is 0 Å². The molecule has 0 aromatic heterocycles. The molecule has 4 nitrogen and oxygen atoms in total. The molecule has 0 amide bonds. The predicted molar refractivity (Wildman–Crippen MR) is 82.0 cm³/mol. The number of carbonyl (C=O) groups excluding carboxylic acids is 1. The average molecular weight is 274 g/mol. The van der Waals surface area contributed by atoms with E-state index in [0.717, 1.165) is 24.2 Å². The standard InChI is InChI=1S/C16H22N2O2/c1-11-9-13(10-14(15(11)17)16(19)20-2)18-8-7-12-5-3-4-6-12/h5,9-10,18H,3-4,6-8,17H2,1-2H3. The Labute approximate surface area is 120 Å². The SMILES string of the molecule is COC(=O)c1cc(NCCC2=CCCC2)cc(C)c1N. The van der Waals surface area contributed by atoms with Crippen LogP contribution in [0, 0.1) is 6.92 Å². The van der Waals surface area contributed by atoms with Crippen LogP contribution in [-0.2, 0) is 4.74 Å². The molecule has 0 heterocycles. The fourth-order valence-corrected chi connectivity index (χ4v) is 2.51. The summed E-state index contributed by atoms with van der Waals surface area (Å²) < 4.78 is 4.76. The molecule has 0 fully saturated rings. The minimum atomic E-state index is -0.396. The number of carbonyl (C=O) groups is 1. The predicted octanol–water partition coefficient (Wildman–Crippen LogP) is 3.28. The van der Waals surface area contributed by atoms with E-state index in [2.05, 4.69) is 11.4 Å². The van der Waals surface area contributed by atoms with Crippen molar-refractivity contribution in [1.82, 2.24) is 0 Å². The molecular formula is C16H22N2O2. The zero-order chi connectivity index (χ0) is 14.5. The fourth-order valence-electron chi connectivity index (χ4n) is 2.51. The third kappa shape index (κ3) is 3.32. The van der Waals surface area contributed by atoms with Crippen LogP contribution in [0.1, 0.15) is 41.6 Å². The maximum atomic E-state index is 11.7. The highest BCUT2D eigenvalue weighted by Gasteiger charge is 2.13. The first-order chi connectivity index (χ1) is 9.61. The quantitative estimate of drug-likeness (QED) is 0.491. The molecule has 1 aliphatic rings. The topological polar surface area (TPSA) is 64.3 Å². The van der Waals surface area contributed by atoms with Crippen molar-refractivity contribution in [3.05, 3.63) is 34.9 Å². The van der Waals surface area contributed by atoms with Gasteiger partial charge in [0.2, 0.25) is 0 Å². The van der Waals surface area contributed by atoms with Gasteiger partial charge in [0.05, 0.1) is 12.7 Å². The van der Waals surface area contributed by atoms with Crippen LogP contribution in [0.4, 0.5) is 11.4 Å². The highest BCUT2D eigenvalue weighted by atomic mass is 16.5. The molecule has 0 spiro atoms. The molecule has 20 heavy (non-hydrogen) atoms. The van der Waals surface area contributed by atoms with Gasteiger partial charge in [-0.15, -0.1) is 0 Å². The van der Waals surface area contributed by atoms with Gasteiger partial charge in [-0.3, -0.25) is 0 Å². The van der Waals surface area contributed by atoms with E-state index in [1.807, 2.05) is 13.0 Å². The van der Waals surface area contributed by atoms with Crippen LogP contribution < -0.4 is 11.1 Å². The first-order valence-corrected chi connectivity index (χ1v) is 7.02. The van der Waals surface area contributed by atoms with Crippen molar-refractivity contribution in [2.45, 2.75) is 32.6 Å². The number of hydrogen-bond donors (Lipinski definition) is 2. The minimum absolute atomic E-state index is 0.396. The summed E-state index contributed by atoms with van der Waals surface area (Å²) in [6, 6.07) is 3.72. The monoisotopic (exact) mass is 274 g/mol. The van der Waals surface area contributed by atoms with Crippen molar-refractivity contribution < 1.29 is 9.53 Å². The third-order valence-electron chi connectivity index (χ3n) is 3.70. The number of methoxy groups -OCH3 is 1. The molecule has 0 saturated carbocycles. The van der Waals surface area contributed by atoms with E-state index in [9.17, 15) is 4.79 Å². The summed E-state index contributed by atoms with van der Waals surface area (Å²) in [7, 11) is 1.36. The third-order valence-corrected chi connectivity index (χ3v) is 3.70. The molecule has 0 bridgehead atoms. The van der Waals surface area contributed by atoms with Crippen LogP contribution >= 0.6 is 0 Å². The number of nitrogen functional groups attached to an aromatic ring is 1. The summed E-state index contributed by atoms with van der Waals surface area (Å²) >= 11 is 0. The van der Waals surface area contributed by atoms with Gasteiger partial charge in [-0.1, -0.05) is 11.6 Å². The Morgan fingerprint density at radius 2 is 2.25 bits per heavy atom. The molecule has 108 valence electrons. The molecule has 1 aromatic rings. The van der Waals surface area contributed by atoms with Crippen LogP contribution in [0.3, 0.4) is 0 Å². The second-order valence-corrected chi connectivity index (χ2v) is 5.18. The Kier molecular flexibility index (Phi) is 4.66. The highest BCUT2D eigenvalue weighted by Crippen LogP contribution is 2.24. The van der Waals surface area contributed by atoms with Gasteiger partial charge in [0.1, 0.15) is 0 Å². The van der Waals surface area contributed by atoms with Crippen LogP contribution in [0.25, 0.3) is 0 Å². The van der Waals surface area contributed by atoms with E-state index in [4.69, 9.17) is 10.5 Å². The Hall–Kier alpha value is -1.97. The van der Waals surface area contributed by atoms with Gasteiger partial charge in [0, 0.05) is 17.9 Å². The molecule has 0 radical (unpaired) electrons. The van der Waals surface area contributed by atoms with Crippen molar-refractivity contribution in [2.24, 2.45) is 0 Å². The number of allylic oxidation sites excluding steroid dienone is 1. The molecular weight excluding hydrogens is 252 g/mol. The van der Waals surface area contributed by atoms with Crippen molar-refractivity contribution in [2.75, 3.05) is 24.7 Å². The Bertz CT molecular complexity index is 536. The Balaban J connectivity index is 2.04. The maximum absolute atomic E-state index is 11.7. The lowest BCUT2D eigenvalue weighted by Crippen LogP contribution is -2.09. The molecule has 1 aromatic carbocycles. The van der Waals surface area contributed by atoms with E-state index in [0.29, 0.717) is 11.3 Å². The average Bonchev–Trinajstić information content (AvgIpc) is 2.95. The molecule has 0 aliphatic heterocycles. The zero-order valence-electron chi connectivity index (χ0n) is 12.2. The summed E-state index contributed by atoms with van der Waals surface area (Å²) in [5.41, 5.74) is 10.2. The number of esters is 1. The number of anilines is 2. The van der Waals surface area contributed by atoms with E-state index < -0.39 is 5.97 Å². The number of nitrogens with one attached hydrogen (secondary N) is 1. The van der Waals surface area contributed by atoms with Crippen LogP contribution in [-0.4, -0.2) is 19.6 Å². The summed E-state index contributed by atoms with van der Waals surface area (Å²) in [4.78, 5) is 11.7. The van der Waals surface area contributed by atoms with E-state index in [1.165, 1.54) is 31.9 Å². The fraction of sp³-hybridized carbons (Fsp3) is 0.438. The number of ether oxygens (including phenoxy) is 1. The first kappa shape index (κ1) is 14.4. The summed E-state index contributed by atoms with van der Waals surface area (Å²) in [5.74, 6) is -0.396. The minimum Gasteiger partial charge on any atom is -0.465 e. The van der Waals surface area contributed by atoms with Gasteiger partial charge in [0.15, 0.2) is 0 Å². The lowest BCUT2D eigenvalue weighted by atomic mass is 10.1. The van der Waals surface area contributed by atoms with Crippen molar-refractivity contribution in [3.8, 4) is 0 Å². The second kappa shape index (κ2) is 6.46. The smallest absolute Gasteiger partial charge is 0.340 e. The number of nitrogens with two attached hydrogens (primary N) is 1. The molecule has 3 N–H and O–H groups in total. The number of rotatable bonds is 5. The summed E-state index contributed by atoms with van der Waals surface area (Å²) in [6.45, 7) is 2.77. The van der Waals surface area contributed by atoms with E-state index in [1.54, 1.807) is 6.07 Å². The molecule has 4 heteroatoms.